The Hall–Kier alpha value is -2.57. The summed E-state index contributed by atoms with van der Waals surface area (Å²) in [4.78, 5) is 18.8. The van der Waals surface area contributed by atoms with Crippen molar-refractivity contribution < 1.29 is 9.53 Å². The number of likely N-dealkylation sites (tertiary alicyclic amines) is 1. The Morgan fingerprint density at radius 2 is 2.32 bits per heavy atom. The van der Waals surface area contributed by atoms with E-state index >= 15 is 0 Å². The molecule has 3 N–H and O–H groups in total. The van der Waals surface area contributed by atoms with E-state index in [0.29, 0.717) is 30.2 Å². The van der Waals surface area contributed by atoms with Crippen molar-refractivity contribution in [2.75, 3.05) is 25.9 Å². The van der Waals surface area contributed by atoms with Crippen molar-refractivity contribution in [2.24, 2.45) is 0 Å². The first-order chi connectivity index (χ1) is 10.6. The second kappa shape index (κ2) is 5.67. The lowest BCUT2D eigenvalue weighted by molar-refractivity contribution is 0.0786. The van der Waals surface area contributed by atoms with E-state index in [4.69, 9.17) is 10.5 Å². The monoisotopic (exact) mass is 301 g/mol. The molecule has 7 heteroatoms. The number of aryl methyl sites for hydroxylation is 1. The molecule has 1 fully saturated rings. The maximum absolute atomic E-state index is 12.7. The zero-order valence-electron chi connectivity index (χ0n) is 12.7. The maximum atomic E-state index is 12.7. The van der Waals surface area contributed by atoms with Crippen LogP contribution in [0.4, 0.5) is 5.69 Å². The summed E-state index contributed by atoms with van der Waals surface area (Å²) in [5.41, 5.74) is 8.75. The molecule has 1 atom stereocenters. The number of carbonyl (C=O) groups excluding carboxylic acids is 1. The number of pyridine rings is 1. The van der Waals surface area contributed by atoms with Crippen LogP contribution in [0, 0.1) is 6.92 Å². The number of aromatic nitrogens is 3. The van der Waals surface area contributed by atoms with Gasteiger partial charge in [0.05, 0.1) is 24.7 Å². The van der Waals surface area contributed by atoms with Crippen LogP contribution >= 0.6 is 0 Å². The van der Waals surface area contributed by atoms with Gasteiger partial charge >= 0.3 is 0 Å². The molecule has 7 nitrogen and oxygen atoms in total. The number of hydrogen-bond acceptors (Lipinski definition) is 5. The summed E-state index contributed by atoms with van der Waals surface area (Å²) < 4.78 is 5.23. The van der Waals surface area contributed by atoms with Gasteiger partial charge in [-0.1, -0.05) is 0 Å². The molecule has 3 heterocycles. The zero-order chi connectivity index (χ0) is 15.7. The minimum Gasteiger partial charge on any atom is -0.480 e. The van der Waals surface area contributed by atoms with Gasteiger partial charge < -0.3 is 15.4 Å². The van der Waals surface area contributed by atoms with E-state index in [1.165, 1.54) is 7.11 Å². The van der Waals surface area contributed by atoms with Crippen molar-refractivity contribution in [1.82, 2.24) is 20.1 Å². The molecule has 1 aliphatic heterocycles. The summed E-state index contributed by atoms with van der Waals surface area (Å²) in [5.74, 6) is 0.496. The van der Waals surface area contributed by atoms with Crippen LogP contribution in [0.5, 0.6) is 5.88 Å². The highest BCUT2D eigenvalue weighted by molar-refractivity contribution is 5.96. The topological polar surface area (TPSA) is 97.1 Å². The largest absolute Gasteiger partial charge is 0.480 e. The second-order valence-electron chi connectivity index (χ2n) is 5.49. The average molecular weight is 301 g/mol. The first-order valence-electron chi connectivity index (χ1n) is 7.19. The zero-order valence-corrected chi connectivity index (χ0v) is 12.7. The summed E-state index contributed by atoms with van der Waals surface area (Å²) in [7, 11) is 1.52. The van der Waals surface area contributed by atoms with Crippen molar-refractivity contribution in [1.29, 1.82) is 0 Å². The van der Waals surface area contributed by atoms with Gasteiger partial charge in [0.15, 0.2) is 0 Å². The summed E-state index contributed by atoms with van der Waals surface area (Å²) >= 11 is 0. The van der Waals surface area contributed by atoms with Gasteiger partial charge in [0.2, 0.25) is 5.88 Å². The number of H-pyrrole nitrogens is 1. The molecule has 1 amide bonds. The number of anilines is 1. The smallest absolute Gasteiger partial charge is 0.259 e. The van der Waals surface area contributed by atoms with Gasteiger partial charge in [0.1, 0.15) is 5.56 Å². The van der Waals surface area contributed by atoms with Crippen LogP contribution in [0.25, 0.3) is 0 Å². The van der Waals surface area contributed by atoms with Crippen molar-refractivity contribution in [3.05, 3.63) is 35.3 Å². The number of nitrogens with zero attached hydrogens (tertiary/aromatic N) is 3. The Labute approximate surface area is 128 Å². The van der Waals surface area contributed by atoms with Crippen LogP contribution in [0.1, 0.15) is 34.1 Å². The molecule has 0 aliphatic carbocycles. The van der Waals surface area contributed by atoms with Crippen LogP contribution in [-0.2, 0) is 0 Å². The molecule has 116 valence electrons. The second-order valence-corrected chi connectivity index (χ2v) is 5.49. The highest BCUT2D eigenvalue weighted by Crippen LogP contribution is 2.30. The molecule has 0 radical (unpaired) electrons. The van der Waals surface area contributed by atoms with Gasteiger partial charge in [0.25, 0.3) is 5.91 Å². The maximum Gasteiger partial charge on any atom is 0.259 e. The summed E-state index contributed by atoms with van der Waals surface area (Å²) in [6.07, 6.45) is 2.46. The van der Waals surface area contributed by atoms with Crippen LogP contribution in [-0.4, -0.2) is 46.2 Å². The standard InChI is InChI=1S/C15H19N5O2/c1-9-3-4-11(14(18-9)22-2)15(21)20-6-5-10(8-20)13-12(16)7-17-19-13/h3-4,7,10H,5-6,8,16H2,1-2H3,(H,17,19). The number of rotatable bonds is 3. The molecular formula is C15H19N5O2. The number of amides is 1. The average Bonchev–Trinajstić information content (AvgIpc) is 3.14. The number of carbonyl (C=O) groups is 1. The number of nitrogen functional groups attached to an aromatic ring is 1. The van der Waals surface area contributed by atoms with E-state index in [2.05, 4.69) is 15.2 Å². The van der Waals surface area contributed by atoms with Gasteiger partial charge in [-0.15, -0.1) is 0 Å². The summed E-state index contributed by atoms with van der Waals surface area (Å²) in [6.45, 7) is 3.16. The van der Waals surface area contributed by atoms with Crippen molar-refractivity contribution in [2.45, 2.75) is 19.3 Å². The summed E-state index contributed by atoms with van der Waals surface area (Å²) in [6, 6.07) is 3.58. The van der Waals surface area contributed by atoms with Crippen LogP contribution < -0.4 is 10.5 Å². The van der Waals surface area contributed by atoms with Gasteiger partial charge in [-0.3, -0.25) is 9.89 Å². The minimum absolute atomic E-state index is 0.0649. The first kappa shape index (κ1) is 14.4. The SMILES string of the molecule is COc1nc(C)ccc1C(=O)N1CCC(c2[nH]ncc2N)C1. The molecule has 0 bridgehead atoms. The predicted molar refractivity (Wildman–Crippen MR) is 81.8 cm³/mol. The molecule has 0 spiro atoms. The molecule has 1 unspecified atom stereocenters. The lowest BCUT2D eigenvalue weighted by atomic mass is 10.0. The first-order valence-corrected chi connectivity index (χ1v) is 7.19. The number of ether oxygens (including phenoxy) is 1. The molecule has 0 saturated carbocycles. The van der Waals surface area contributed by atoms with Gasteiger partial charge in [-0.25, -0.2) is 4.98 Å². The highest BCUT2D eigenvalue weighted by Gasteiger charge is 2.31. The van der Waals surface area contributed by atoms with E-state index in [1.807, 2.05) is 13.0 Å². The minimum atomic E-state index is -0.0649. The quantitative estimate of drug-likeness (QED) is 0.891. The number of nitrogens with two attached hydrogens (primary N) is 1. The Balaban J connectivity index is 1.78. The van der Waals surface area contributed by atoms with Crippen LogP contribution in [0.15, 0.2) is 18.3 Å². The third kappa shape index (κ3) is 2.49. The van der Waals surface area contributed by atoms with Crippen LogP contribution in [0.3, 0.4) is 0 Å². The molecule has 3 rings (SSSR count). The molecule has 2 aromatic heterocycles. The van der Waals surface area contributed by atoms with E-state index in [-0.39, 0.29) is 11.8 Å². The molecule has 2 aromatic rings. The molecule has 22 heavy (non-hydrogen) atoms. The third-order valence-electron chi connectivity index (χ3n) is 4.01. The van der Waals surface area contributed by atoms with E-state index in [0.717, 1.165) is 17.8 Å². The molecule has 1 saturated heterocycles. The Bertz CT molecular complexity index is 697. The fourth-order valence-corrected chi connectivity index (χ4v) is 2.83. The Morgan fingerprint density at radius 1 is 1.50 bits per heavy atom. The predicted octanol–water partition coefficient (Wildman–Crippen LogP) is 1.33. The fourth-order valence-electron chi connectivity index (χ4n) is 2.83. The number of aromatic amines is 1. The number of hydrogen-bond donors (Lipinski definition) is 2. The van der Waals surface area contributed by atoms with Gasteiger partial charge in [-0.05, 0) is 25.5 Å². The van der Waals surface area contributed by atoms with Crippen molar-refractivity contribution >= 4 is 11.6 Å². The van der Waals surface area contributed by atoms with Crippen LogP contribution in [0.2, 0.25) is 0 Å². The van der Waals surface area contributed by atoms with E-state index < -0.39 is 0 Å². The van der Waals surface area contributed by atoms with Crippen molar-refractivity contribution in [3.63, 3.8) is 0 Å². The van der Waals surface area contributed by atoms with E-state index in [1.54, 1.807) is 17.2 Å². The highest BCUT2D eigenvalue weighted by atomic mass is 16.5. The lowest BCUT2D eigenvalue weighted by Crippen LogP contribution is -2.29. The van der Waals surface area contributed by atoms with Gasteiger partial charge in [0, 0.05) is 24.7 Å². The Morgan fingerprint density at radius 3 is 3.00 bits per heavy atom. The number of methoxy groups -OCH3 is 1. The third-order valence-corrected chi connectivity index (χ3v) is 4.01. The number of nitrogens with one attached hydrogen (secondary N) is 1. The lowest BCUT2D eigenvalue weighted by Gasteiger charge is -2.18. The normalized spacial score (nSPS) is 17.7. The van der Waals surface area contributed by atoms with Gasteiger partial charge in [-0.2, -0.15) is 5.10 Å². The molecular weight excluding hydrogens is 282 g/mol. The summed E-state index contributed by atoms with van der Waals surface area (Å²) in [5, 5.41) is 6.87. The molecule has 1 aliphatic rings. The van der Waals surface area contributed by atoms with E-state index in [9.17, 15) is 4.79 Å². The fraction of sp³-hybridized carbons (Fsp3) is 0.400. The van der Waals surface area contributed by atoms with Crippen molar-refractivity contribution in [3.8, 4) is 5.88 Å². The molecule has 0 aromatic carbocycles. The Kier molecular flexibility index (Phi) is 3.70.